The topological polar surface area (TPSA) is 49.8 Å². The van der Waals surface area contributed by atoms with E-state index in [1.807, 2.05) is 19.0 Å². The maximum absolute atomic E-state index is 11.7. The Labute approximate surface area is 117 Å². The van der Waals surface area contributed by atoms with E-state index in [1.165, 1.54) is 12.1 Å². The maximum Gasteiger partial charge on any atom is 0.338 e. The van der Waals surface area contributed by atoms with E-state index < -0.39 is 5.97 Å². The van der Waals surface area contributed by atoms with Gasteiger partial charge in [0, 0.05) is 6.54 Å². The van der Waals surface area contributed by atoms with Crippen molar-refractivity contribution in [2.75, 3.05) is 27.2 Å². The first-order valence-electron chi connectivity index (χ1n) is 4.91. The van der Waals surface area contributed by atoms with Crippen molar-refractivity contribution < 1.29 is 14.6 Å². The molecule has 0 heterocycles. The van der Waals surface area contributed by atoms with Gasteiger partial charge in [0.1, 0.15) is 12.4 Å². The molecule has 0 saturated carbocycles. The van der Waals surface area contributed by atoms with Crippen LogP contribution in [0.1, 0.15) is 10.4 Å². The van der Waals surface area contributed by atoms with Crippen LogP contribution >= 0.6 is 31.9 Å². The molecule has 0 amide bonds. The third-order valence-corrected chi connectivity index (χ3v) is 3.23. The number of esters is 1. The highest BCUT2D eigenvalue weighted by molar-refractivity contribution is 9.11. The van der Waals surface area contributed by atoms with E-state index in [4.69, 9.17) is 4.74 Å². The molecule has 0 saturated heterocycles. The van der Waals surface area contributed by atoms with Crippen LogP contribution in [0.3, 0.4) is 0 Å². The number of ether oxygens (including phenoxy) is 1. The summed E-state index contributed by atoms with van der Waals surface area (Å²) in [5, 5.41) is 9.51. The predicted molar refractivity (Wildman–Crippen MR) is 72.3 cm³/mol. The van der Waals surface area contributed by atoms with E-state index in [0.29, 0.717) is 27.7 Å². The second-order valence-electron chi connectivity index (χ2n) is 3.73. The quantitative estimate of drug-likeness (QED) is 0.832. The van der Waals surface area contributed by atoms with Crippen molar-refractivity contribution >= 4 is 37.8 Å². The molecule has 6 heteroatoms. The number of hydrogen-bond donors (Lipinski definition) is 1. The van der Waals surface area contributed by atoms with E-state index in [-0.39, 0.29) is 5.75 Å². The van der Waals surface area contributed by atoms with Crippen LogP contribution in [0.15, 0.2) is 21.1 Å². The molecule has 1 aromatic carbocycles. The minimum Gasteiger partial charge on any atom is -0.506 e. The first-order valence-corrected chi connectivity index (χ1v) is 6.50. The molecule has 0 aromatic heterocycles. The molecule has 0 aliphatic rings. The second kappa shape index (κ2) is 6.37. The van der Waals surface area contributed by atoms with Crippen molar-refractivity contribution in [3.63, 3.8) is 0 Å². The fourth-order valence-electron chi connectivity index (χ4n) is 1.09. The summed E-state index contributed by atoms with van der Waals surface area (Å²) in [6, 6.07) is 3.05. The molecule has 1 N–H and O–H groups in total. The predicted octanol–water partition coefficient (Wildman–Crippen LogP) is 2.64. The van der Waals surface area contributed by atoms with Gasteiger partial charge in [0.25, 0.3) is 0 Å². The van der Waals surface area contributed by atoms with Gasteiger partial charge in [0.15, 0.2) is 0 Å². The molecule has 17 heavy (non-hydrogen) atoms. The van der Waals surface area contributed by atoms with Crippen LogP contribution in [0.2, 0.25) is 0 Å². The summed E-state index contributed by atoms with van der Waals surface area (Å²) < 4.78 is 5.99. The minimum atomic E-state index is -0.409. The van der Waals surface area contributed by atoms with Crippen LogP contribution < -0.4 is 0 Å². The van der Waals surface area contributed by atoms with Gasteiger partial charge in [-0.1, -0.05) is 0 Å². The van der Waals surface area contributed by atoms with Gasteiger partial charge in [0.2, 0.25) is 0 Å². The van der Waals surface area contributed by atoms with Gasteiger partial charge in [0.05, 0.1) is 14.5 Å². The van der Waals surface area contributed by atoms with E-state index in [1.54, 1.807) is 0 Å². The molecule has 0 unspecified atom stereocenters. The molecular formula is C11H13Br2NO3. The highest BCUT2D eigenvalue weighted by Gasteiger charge is 2.12. The van der Waals surface area contributed by atoms with Gasteiger partial charge in [-0.15, -0.1) is 0 Å². The van der Waals surface area contributed by atoms with Crippen LogP contribution in [0.25, 0.3) is 0 Å². The van der Waals surface area contributed by atoms with E-state index in [9.17, 15) is 9.90 Å². The average molecular weight is 367 g/mol. The molecule has 0 aliphatic heterocycles. The Morgan fingerprint density at radius 3 is 2.35 bits per heavy atom. The molecule has 0 aliphatic carbocycles. The molecule has 0 spiro atoms. The summed E-state index contributed by atoms with van der Waals surface area (Å²) >= 11 is 6.32. The van der Waals surface area contributed by atoms with E-state index in [0.717, 1.165) is 0 Å². The molecule has 94 valence electrons. The number of aromatic hydroxyl groups is 1. The molecular weight excluding hydrogens is 354 g/mol. The Bertz CT molecular complexity index is 398. The summed E-state index contributed by atoms with van der Waals surface area (Å²) in [5.74, 6) is -0.344. The van der Waals surface area contributed by atoms with Crippen molar-refractivity contribution in [3.05, 3.63) is 26.6 Å². The summed E-state index contributed by atoms with van der Waals surface area (Å²) in [6.45, 7) is 1.01. The summed E-state index contributed by atoms with van der Waals surface area (Å²) in [7, 11) is 3.81. The number of rotatable bonds is 4. The van der Waals surface area contributed by atoms with Gasteiger partial charge in [-0.05, 0) is 58.1 Å². The van der Waals surface area contributed by atoms with Crippen LogP contribution in [0, 0.1) is 0 Å². The van der Waals surface area contributed by atoms with E-state index in [2.05, 4.69) is 31.9 Å². The van der Waals surface area contributed by atoms with Crippen LogP contribution in [-0.4, -0.2) is 43.2 Å². The number of carbonyl (C=O) groups excluding carboxylic acids is 1. The van der Waals surface area contributed by atoms with Crippen molar-refractivity contribution in [3.8, 4) is 5.75 Å². The van der Waals surface area contributed by atoms with Crippen molar-refractivity contribution in [2.24, 2.45) is 0 Å². The fraction of sp³-hybridized carbons (Fsp3) is 0.364. The molecule has 4 nitrogen and oxygen atoms in total. The maximum atomic E-state index is 11.7. The zero-order valence-corrected chi connectivity index (χ0v) is 12.7. The molecule has 1 aromatic rings. The van der Waals surface area contributed by atoms with Crippen molar-refractivity contribution in [2.45, 2.75) is 0 Å². The molecule has 0 radical (unpaired) electrons. The third kappa shape index (κ3) is 4.29. The highest BCUT2D eigenvalue weighted by atomic mass is 79.9. The Kier molecular flexibility index (Phi) is 5.42. The molecule has 1 rings (SSSR count). The monoisotopic (exact) mass is 365 g/mol. The lowest BCUT2D eigenvalue weighted by Gasteiger charge is -2.10. The molecule has 0 bridgehead atoms. The summed E-state index contributed by atoms with van der Waals surface area (Å²) in [5.41, 5.74) is 0.389. The lowest BCUT2D eigenvalue weighted by Crippen LogP contribution is -2.20. The SMILES string of the molecule is CN(C)CCOC(=O)c1cc(Br)c(O)c(Br)c1. The van der Waals surface area contributed by atoms with Crippen molar-refractivity contribution in [1.82, 2.24) is 4.90 Å². The Morgan fingerprint density at radius 2 is 1.88 bits per heavy atom. The lowest BCUT2D eigenvalue weighted by atomic mass is 10.2. The number of nitrogens with zero attached hydrogens (tertiary/aromatic N) is 1. The zero-order chi connectivity index (χ0) is 13.0. The minimum absolute atomic E-state index is 0.0647. The Balaban J connectivity index is 2.70. The molecule has 0 atom stereocenters. The van der Waals surface area contributed by atoms with Crippen LogP contribution in [0.4, 0.5) is 0 Å². The second-order valence-corrected chi connectivity index (χ2v) is 5.44. The highest BCUT2D eigenvalue weighted by Crippen LogP contribution is 2.33. The standard InChI is InChI=1S/C11H13Br2NO3/c1-14(2)3-4-17-11(16)7-5-8(12)10(15)9(13)6-7/h5-6,15H,3-4H2,1-2H3. The van der Waals surface area contributed by atoms with Gasteiger partial charge >= 0.3 is 5.97 Å². The molecule has 0 fully saturated rings. The number of phenols is 1. The average Bonchev–Trinajstić information content (AvgIpc) is 2.24. The summed E-state index contributed by atoms with van der Waals surface area (Å²) in [6.07, 6.45) is 0. The number of likely N-dealkylation sites (N-methyl/N-ethyl adjacent to an activating group) is 1. The largest absolute Gasteiger partial charge is 0.506 e. The zero-order valence-electron chi connectivity index (χ0n) is 9.54. The van der Waals surface area contributed by atoms with Gasteiger partial charge in [-0.25, -0.2) is 4.79 Å². The normalized spacial score (nSPS) is 10.6. The third-order valence-electron chi connectivity index (χ3n) is 2.02. The number of benzene rings is 1. The lowest BCUT2D eigenvalue weighted by molar-refractivity contribution is 0.0481. The number of carbonyl (C=O) groups is 1. The van der Waals surface area contributed by atoms with Crippen molar-refractivity contribution in [1.29, 1.82) is 0 Å². The van der Waals surface area contributed by atoms with Gasteiger partial charge < -0.3 is 14.7 Å². The first kappa shape index (κ1) is 14.5. The van der Waals surface area contributed by atoms with Crippen LogP contribution in [-0.2, 0) is 4.74 Å². The van der Waals surface area contributed by atoms with E-state index >= 15 is 0 Å². The Morgan fingerprint density at radius 1 is 1.35 bits per heavy atom. The van der Waals surface area contributed by atoms with Gasteiger partial charge in [-0.3, -0.25) is 0 Å². The van der Waals surface area contributed by atoms with Crippen LogP contribution in [0.5, 0.6) is 5.75 Å². The smallest absolute Gasteiger partial charge is 0.338 e. The number of phenolic OH excluding ortho intramolecular Hbond substituents is 1. The Hall–Kier alpha value is -0.590. The number of hydrogen-bond acceptors (Lipinski definition) is 4. The fourth-order valence-corrected chi connectivity index (χ4v) is 2.27. The van der Waals surface area contributed by atoms with Gasteiger partial charge in [-0.2, -0.15) is 0 Å². The summed E-state index contributed by atoms with van der Waals surface area (Å²) in [4.78, 5) is 13.6. The number of halogens is 2. The first-order chi connectivity index (χ1) is 7.91.